The van der Waals surface area contributed by atoms with Gasteiger partial charge in [0.15, 0.2) is 0 Å². The second kappa shape index (κ2) is 6.63. The molecule has 0 saturated carbocycles. The van der Waals surface area contributed by atoms with Gasteiger partial charge in [0.25, 0.3) is 5.91 Å². The molecule has 1 aromatic carbocycles. The summed E-state index contributed by atoms with van der Waals surface area (Å²) in [5.74, 6) is 0.0290. The first-order valence-corrected chi connectivity index (χ1v) is 8.09. The summed E-state index contributed by atoms with van der Waals surface area (Å²) in [5.41, 5.74) is -0.847. The maximum atomic E-state index is 12.3. The SMILES string of the molecule is CC(C)(O)C(C)(C)OB(O)c1ccc(C(=O)N2CCCC2)cc1. The number of aliphatic hydroxyl groups is 1. The Kier molecular flexibility index (Phi) is 5.18. The highest BCUT2D eigenvalue weighted by atomic mass is 16.5. The maximum Gasteiger partial charge on any atom is 0.491 e. The average Bonchev–Trinajstić information content (AvgIpc) is 2.99. The van der Waals surface area contributed by atoms with E-state index in [0.717, 1.165) is 25.9 Å². The molecule has 23 heavy (non-hydrogen) atoms. The molecule has 1 heterocycles. The standard InChI is InChI=1S/C17H26BNO4/c1-16(2,21)17(3,4)23-18(22)14-9-7-13(8-10-14)15(20)19-11-5-6-12-19/h7-10,21-22H,5-6,11-12H2,1-4H3. The lowest BCUT2D eigenvalue weighted by molar-refractivity contribution is -0.0982. The van der Waals surface area contributed by atoms with Gasteiger partial charge in [0.05, 0.1) is 11.2 Å². The topological polar surface area (TPSA) is 70.0 Å². The summed E-state index contributed by atoms with van der Waals surface area (Å²) in [6.07, 6.45) is 2.12. The Morgan fingerprint density at radius 3 is 2.13 bits per heavy atom. The molecule has 0 unspecified atom stereocenters. The van der Waals surface area contributed by atoms with Crippen LogP contribution in [0.3, 0.4) is 0 Å². The van der Waals surface area contributed by atoms with Crippen LogP contribution in [0, 0.1) is 0 Å². The lowest BCUT2D eigenvalue weighted by Gasteiger charge is -2.38. The van der Waals surface area contributed by atoms with Crippen molar-refractivity contribution in [2.45, 2.75) is 51.7 Å². The minimum atomic E-state index is -1.16. The monoisotopic (exact) mass is 319 g/mol. The van der Waals surface area contributed by atoms with Crippen LogP contribution >= 0.6 is 0 Å². The fourth-order valence-corrected chi connectivity index (χ4v) is 2.38. The van der Waals surface area contributed by atoms with Crippen LogP contribution in [0.1, 0.15) is 50.9 Å². The van der Waals surface area contributed by atoms with E-state index in [9.17, 15) is 14.9 Å². The number of rotatable bonds is 5. The highest BCUT2D eigenvalue weighted by Crippen LogP contribution is 2.25. The lowest BCUT2D eigenvalue weighted by Crippen LogP contribution is -2.53. The number of amides is 1. The molecule has 0 atom stereocenters. The van der Waals surface area contributed by atoms with Gasteiger partial charge < -0.3 is 19.7 Å². The predicted octanol–water partition coefficient (Wildman–Crippen LogP) is 1.18. The number of hydrogen-bond acceptors (Lipinski definition) is 4. The molecule has 126 valence electrons. The van der Waals surface area contributed by atoms with Gasteiger partial charge in [-0.15, -0.1) is 0 Å². The first-order chi connectivity index (χ1) is 10.6. The first kappa shape index (κ1) is 18.0. The molecule has 1 saturated heterocycles. The smallest absolute Gasteiger partial charge is 0.423 e. The summed E-state index contributed by atoms with van der Waals surface area (Å²) >= 11 is 0. The van der Waals surface area contributed by atoms with Crippen LogP contribution in [0.25, 0.3) is 0 Å². The highest BCUT2D eigenvalue weighted by Gasteiger charge is 2.39. The van der Waals surface area contributed by atoms with E-state index in [1.54, 1.807) is 52.0 Å². The van der Waals surface area contributed by atoms with Crippen LogP contribution in [0.5, 0.6) is 0 Å². The van der Waals surface area contributed by atoms with Gasteiger partial charge >= 0.3 is 7.12 Å². The lowest BCUT2D eigenvalue weighted by atomic mass is 9.76. The minimum Gasteiger partial charge on any atom is -0.423 e. The van der Waals surface area contributed by atoms with Crippen molar-refractivity contribution in [3.8, 4) is 0 Å². The number of benzene rings is 1. The van der Waals surface area contributed by atoms with E-state index in [2.05, 4.69) is 0 Å². The molecule has 0 spiro atoms. The third-order valence-electron chi connectivity index (χ3n) is 4.72. The van der Waals surface area contributed by atoms with E-state index in [1.165, 1.54) is 0 Å². The molecule has 1 amide bonds. The van der Waals surface area contributed by atoms with Crippen molar-refractivity contribution in [2.75, 3.05) is 13.1 Å². The van der Waals surface area contributed by atoms with Crippen molar-refractivity contribution in [2.24, 2.45) is 0 Å². The fraction of sp³-hybridized carbons (Fsp3) is 0.588. The van der Waals surface area contributed by atoms with Gasteiger partial charge in [-0.25, -0.2) is 0 Å². The van der Waals surface area contributed by atoms with Crippen molar-refractivity contribution in [3.05, 3.63) is 29.8 Å². The van der Waals surface area contributed by atoms with E-state index in [-0.39, 0.29) is 5.91 Å². The molecule has 1 fully saturated rings. The Hall–Kier alpha value is -1.37. The van der Waals surface area contributed by atoms with Gasteiger partial charge in [0, 0.05) is 18.7 Å². The van der Waals surface area contributed by atoms with Crippen LogP contribution < -0.4 is 5.46 Å². The van der Waals surface area contributed by atoms with Crippen molar-refractivity contribution in [1.29, 1.82) is 0 Å². The summed E-state index contributed by atoms with van der Waals surface area (Å²) in [4.78, 5) is 14.1. The fourth-order valence-electron chi connectivity index (χ4n) is 2.38. The molecule has 0 aromatic heterocycles. The zero-order valence-corrected chi connectivity index (χ0v) is 14.4. The number of nitrogens with zero attached hydrogens (tertiary/aromatic N) is 1. The van der Waals surface area contributed by atoms with Gasteiger partial charge in [-0.1, -0.05) is 12.1 Å². The quantitative estimate of drug-likeness (QED) is 0.800. The summed E-state index contributed by atoms with van der Waals surface area (Å²) in [7, 11) is -1.16. The largest absolute Gasteiger partial charge is 0.491 e. The summed E-state index contributed by atoms with van der Waals surface area (Å²) in [5, 5.41) is 20.3. The zero-order chi connectivity index (χ0) is 17.3. The highest BCUT2D eigenvalue weighted by molar-refractivity contribution is 6.60. The van der Waals surface area contributed by atoms with Gasteiger partial charge in [0.2, 0.25) is 0 Å². The van der Waals surface area contributed by atoms with Crippen molar-refractivity contribution in [1.82, 2.24) is 4.90 Å². The molecule has 0 radical (unpaired) electrons. The second-order valence-electron chi connectivity index (χ2n) is 7.16. The number of carbonyl (C=O) groups is 1. The molecule has 0 bridgehead atoms. The normalized spacial score (nSPS) is 15.8. The molecule has 1 aliphatic heterocycles. The van der Waals surface area contributed by atoms with E-state index < -0.39 is 18.3 Å². The second-order valence-corrected chi connectivity index (χ2v) is 7.16. The molecule has 2 rings (SSSR count). The minimum absolute atomic E-state index is 0.0290. The van der Waals surface area contributed by atoms with Gasteiger partial charge in [-0.05, 0) is 58.1 Å². The van der Waals surface area contributed by atoms with Crippen LogP contribution in [0.15, 0.2) is 24.3 Å². The third kappa shape index (κ3) is 4.13. The third-order valence-corrected chi connectivity index (χ3v) is 4.72. The maximum absolute atomic E-state index is 12.3. The van der Waals surface area contributed by atoms with Crippen molar-refractivity contribution in [3.63, 3.8) is 0 Å². The summed E-state index contributed by atoms with van der Waals surface area (Å²) < 4.78 is 5.60. The Morgan fingerprint density at radius 2 is 1.65 bits per heavy atom. The van der Waals surface area contributed by atoms with Crippen LogP contribution in [0.4, 0.5) is 0 Å². The average molecular weight is 319 g/mol. The molecule has 5 nitrogen and oxygen atoms in total. The molecule has 1 aliphatic rings. The molecule has 0 aliphatic carbocycles. The zero-order valence-electron chi connectivity index (χ0n) is 14.4. The summed E-state index contributed by atoms with van der Waals surface area (Å²) in [6, 6.07) is 6.79. The predicted molar refractivity (Wildman–Crippen MR) is 90.6 cm³/mol. The van der Waals surface area contributed by atoms with Crippen LogP contribution in [0.2, 0.25) is 0 Å². The molecule has 1 aromatic rings. The van der Waals surface area contributed by atoms with E-state index in [4.69, 9.17) is 4.65 Å². The van der Waals surface area contributed by atoms with E-state index >= 15 is 0 Å². The Balaban J connectivity index is 2.05. The Labute approximate surface area is 138 Å². The van der Waals surface area contributed by atoms with E-state index in [1.807, 2.05) is 4.90 Å². The summed E-state index contributed by atoms with van der Waals surface area (Å²) in [6.45, 7) is 8.34. The van der Waals surface area contributed by atoms with Gasteiger partial charge in [0.1, 0.15) is 0 Å². The first-order valence-electron chi connectivity index (χ1n) is 8.09. The van der Waals surface area contributed by atoms with Crippen LogP contribution in [-0.2, 0) is 4.65 Å². The van der Waals surface area contributed by atoms with Gasteiger partial charge in [-0.3, -0.25) is 4.79 Å². The van der Waals surface area contributed by atoms with E-state index in [0.29, 0.717) is 11.0 Å². The molecular formula is C17H26BNO4. The van der Waals surface area contributed by atoms with Gasteiger partial charge in [-0.2, -0.15) is 0 Å². The molecule has 2 N–H and O–H groups in total. The Bertz CT molecular complexity index is 545. The van der Waals surface area contributed by atoms with Crippen molar-refractivity contribution < 1.29 is 19.6 Å². The van der Waals surface area contributed by atoms with Crippen LogP contribution in [-0.4, -0.2) is 52.3 Å². The number of carbonyl (C=O) groups excluding carboxylic acids is 1. The molecule has 6 heteroatoms. The van der Waals surface area contributed by atoms with Crippen molar-refractivity contribution >= 4 is 18.5 Å². The molecular weight excluding hydrogens is 293 g/mol. The number of likely N-dealkylation sites (tertiary alicyclic amines) is 1. The number of hydrogen-bond donors (Lipinski definition) is 2. The Morgan fingerprint density at radius 1 is 1.13 bits per heavy atom.